The second-order valence-corrected chi connectivity index (χ2v) is 27.8. The zero-order valence-electron chi connectivity index (χ0n) is 21.9. The summed E-state index contributed by atoms with van der Waals surface area (Å²) >= 11 is -4.21. The van der Waals surface area contributed by atoms with Crippen LogP contribution in [-0.4, -0.2) is 16.9 Å². The number of ether oxygens (including phenoxy) is 1. The van der Waals surface area contributed by atoms with E-state index >= 15 is 0 Å². The second kappa shape index (κ2) is 9.43. The molecule has 6 rings (SSSR count). The summed E-state index contributed by atoms with van der Waals surface area (Å²) in [5.74, 6) is 0. The SMILES string of the molecule is COCC1=CC[C]([Zr]([CH3])([CH3])(=[C](c2ccccc2)c2ccccc2)[CH]2c3ccccc3-c3ccccc32)=C1. The van der Waals surface area contributed by atoms with Crippen LogP contribution in [0.5, 0.6) is 0 Å². The number of rotatable bonds is 6. The standard InChI is InChI=1S/C13H9.C13H10.C7H9O.2CH3.Zr/c1-3-7-12-10(5-1)9-11-6-2-4-8-13(11)12;1-3-7-12(8-4-1)11-13-9-5-2-6-10-13;1-8-6-7-4-2-3-5-7;;;/h1-9H;1-10H;4-5H,2,6H2,1H3;2*1H3;. The van der Waals surface area contributed by atoms with Gasteiger partial charge in [-0.25, -0.2) is 0 Å². The van der Waals surface area contributed by atoms with Crippen molar-refractivity contribution in [3.05, 3.63) is 152 Å². The van der Waals surface area contributed by atoms with Gasteiger partial charge in [0.2, 0.25) is 0 Å². The number of methoxy groups -OCH3 is 1. The van der Waals surface area contributed by atoms with E-state index in [1.54, 1.807) is 13.6 Å². The van der Waals surface area contributed by atoms with Crippen molar-refractivity contribution in [2.45, 2.75) is 19.3 Å². The molecule has 0 aliphatic heterocycles. The fraction of sp³-hybridized carbons (Fsp3) is 0.171. The molecular formula is C35H34OZr. The maximum atomic E-state index is 5.59. The Kier molecular flexibility index (Phi) is 6.22. The van der Waals surface area contributed by atoms with Gasteiger partial charge in [0.15, 0.2) is 0 Å². The molecule has 2 aliphatic carbocycles. The van der Waals surface area contributed by atoms with Crippen molar-refractivity contribution in [2.24, 2.45) is 0 Å². The summed E-state index contributed by atoms with van der Waals surface area (Å²) in [4.78, 5) is 0. The molecule has 0 unspecified atom stereocenters. The van der Waals surface area contributed by atoms with Crippen LogP contribution in [0.2, 0.25) is 9.26 Å². The van der Waals surface area contributed by atoms with Crippen molar-refractivity contribution in [1.29, 1.82) is 0 Å². The first-order valence-corrected chi connectivity index (χ1v) is 22.1. The summed E-state index contributed by atoms with van der Waals surface area (Å²) in [5.41, 5.74) is 9.79. The van der Waals surface area contributed by atoms with Crippen LogP contribution in [0.3, 0.4) is 0 Å². The number of benzene rings is 4. The number of hydrogen-bond donors (Lipinski definition) is 0. The molecule has 37 heavy (non-hydrogen) atoms. The van der Waals surface area contributed by atoms with Gasteiger partial charge in [-0.3, -0.25) is 0 Å². The molecule has 4 aromatic carbocycles. The van der Waals surface area contributed by atoms with Crippen molar-refractivity contribution in [3.63, 3.8) is 0 Å². The Bertz CT molecular complexity index is 1510. The average Bonchev–Trinajstić information content (AvgIpc) is 3.54. The van der Waals surface area contributed by atoms with E-state index in [1.165, 1.54) is 39.0 Å². The average molecular weight is 562 g/mol. The molecule has 1 nitrogen and oxygen atoms in total. The van der Waals surface area contributed by atoms with Gasteiger partial charge in [-0.1, -0.05) is 0 Å². The van der Waals surface area contributed by atoms with Crippen LogP contribution < -0.4 is 0 Å². The van der Waals surface area contributed by atoms with Gasteiger partial charge >= 0.3 is 223 Å². The molecule has 0 saturated carbocycles. The van der Waals surface area contributed by atoms with Gasteiger partial charge in [0.25, 0.3) is 0 Å². The summed E-state index contributed by atoms with van der Waals surface area (Å²) in [5, 5.41) is 0. The Morgan fingerprint density at radius 2 is 1.19 bits per heavy atom. The number of fused-ring (bicyclic) bond motifs is 3. The molecule has 0 amide bonds. The minimum absolute atomic E-state index is 0.353. The molecule has 0 radical (unpaired) electrons. The van der Waals surface area contributed by atoms with E-state index in [2.05, 4.69) is 131 Å². The summed E-state index contributed by atoms with van der Waals surface area (Å²) in [6.45, 7) is 0.665. The third-order valence-electron chi connectivity index (χ3n) is 8.84. The molecule has 0 N–H and O–H groups in total. The molecule has 0 fully saturated rings. The van der Waals surface area contributed by atoms with Gasteiger partial charge in [-0.05, 0) is 0 Å². The molecule has 0 bridgehead atoms. The first-order valence-electron chi connectivity index (χ1n) is 13.3. The van der Waals surface area contributed by atoms with Crippen LogP contribution >= 0.6 is 0 Å². The van der Waals surface area contributed by atoms with Crippen molar-refractivity contribution in [2.75, 3.05) is 13.7 Å². The zero-order valence-corrected chi connectivity index (χ0v) is 24.4. The molecule has 0 heterocycles. The van der Waals surface area contributed by atoms with Crippen LogP contribution in [0, 0.1) is 0 Å². The predicted molar refractivity (Wildman–Crippen MR) is 154 cm³/mol. The van der Waals surface area contributed by atoms with Gasteiger partial charge in [-0.15, -0.1) is 0 Å². The van der Waals surface area contributed by atoms with E-state index in [9.17, 15) is 0 Å². The van der Waals surface area contributed by atoms with E-state index in [-0.39, 0.29) is 0 Å². The van der Waals surface area contributed by atoms with Crippen LogP contribution in [0.1, 0.15) is 32.3 Å². The minimum atomic E-state index is -4.21. The van der Waals surface area contributed by atoms with Crippen LogP contribution in [0.25, 0.3) is 11.1 Å². The molecule has 0 spiro atoms. The molecule has 2 heteroatoms. The Balaban J connectivity index is 1.80. The number of hydrogen-bond acceptors (Lipinski definition) is 1. The van der Waals surface area contributed by atoms with Gasteiger partial charge in [0, 0.05) is 0 Å². The monoisotopic (exact) mass is 560 g/mol. The van der Waals surface area contributed by atoms with E-state index in [4.69, 9.17) is 4.74 Å². The zero-order chi connectivity index (χ0) is 25.5. The van der Waals surface area contributed by atoms with Crippen LogP contribution in [-0.2, 0) is 23.0 Å². The molecule has 4 aromatic rings. The van der Waals surface area contributed by atoms with Crippen molar-refractivity contribution >= 4 is 3.21 Å². The third kappa shape index (κ3) is 3.85. The van der Waals surface area contributed by atoms with Crippen LogP contribution in [0.4, 0.5) is 0 Å². The molecule has 0 atom stereocenters. The molecule has 184 valence electrons. The predicted octanol–water partition coefficient (Wildman–Crippen LogP) is 8.67. The fourth-order valence-electron chi connectivity index (χ4n) is 7.23. The molecular weight excluding hydrogens is 528 g/mol. The van der Waals surface area contributed by atoms with Gasteiger partial charge in [-0.2, -0.15) is 0 Å². The van der Waals surface area contributed by atoms with Crippen molar-refractivity contribution in [1.82, 2.24) is 0 Å². The molecule has 0 aromatic heterocycles. The van der Waals surface area contributed by atoms with Crippen molar-refractivity contribution < 1.29 is 23.0 Å². The van der Waals surface area contributed by atoms with E-state index in [0.717, 1.165) is 6.42 Å². The molecule has 2 aliphatic rings. The van der Waals surface area contributed by atoms with Crippen LogP contribution in [0.15, 0.2) is 130 Å². The van der Waals surface area contributed by atoms with Gasteiger partial charge < -0.3 is 0 Å². The number of allylic oxidation sites excluding steroid dienone is 2. The summed E-state index contributed by atoms with van der Waals surface area (Å²) in [6.07, 6.45) is 5.91. The first-order chi connectivity index (χ1) is 18.0. The quantitative estimate of drug-likeness (QED) is 0.229. The Morgan fingerprint density at radius 3 is 1.70 bits per heavy atom. The van der Waals surface area contributed by atoms with E-state index < -0.39 is 18.3 Å². The summed E-state index contributed by atoms with van der Waals surface area (Å²) < 4.78 is 14.6. The van der Waals surface area contributed by atoms with E-state index in [1.807, 2.05) is 0 Å². The Hall–Kier alpha value is -2.93. The summed E-state index contributed by atoms with van der Waals surface area (Å²) in [7, 11) is 1.80. The normalized spacial score (nSPS) is 15.1. The summed E-state index contributed by atoms with van der Waals surface area (Å²) in [6, 6.07) is 40.7. The van der Waals surface area contributed by atoms with Gasteiger partial charge in [0.1, 0.15) is 0 Å². The Morgan fingerprint density at radius 1 is 0.703 bits per heavy atom. The first kappa shape index (κ1) is 24.4. The topological polar surface area (TPSA) is 9.23 Å². The van der Waals surface area contributed by atoms with Gasteiger partial charge in [0.05, 0.1) is 0 Å². The second-order valence-electron chi connectivity index (χ2n) is 11.3. The fourth-order valence-corrected chi connectivity index (χ4v) is 24.0. The van der Waals surface area contributed by atoms with Crippen molar-refractivity contribution in [3.8, 4) is 11.1 Å². The molecule has 0 saturated heterocycles. The van der Waals surface area contributed by atoms with E-state index in [0.29, 0.717) is 10.2 Å². The maximum absolute atomic E-state index is 5.59. The Labute approximate surface area is 221 Å². The third-order valence-corrected chi connectivity index (χ3v) is 25.5.